The van der Waals surface area contributed by atoms with Gasteiger partial charge in [0.15, 0.2) is 0 Å². The third-order valence-electron chi connectivity index (χ3n) is 6.48. The van der Waals surface area contributed by atoms with E-state index in [-0.39, 0.29) is 17.9 Å². The molecule has 2 aliphatic rings. The normalized spacial score (nSPS) is 15.6. The molecule has 172 valence electrons. The van der Waals surface area contributed by atoms with Gasteiger partial charge in [-0.05, 0) is 86.7 Å². The quantitative estimate of drug-likeness (QED) is 0.484. The summed E-state index contributed by atoms with van der Waals surface area (Å²) in [5.74, 6) is 0.142. The standard InChI is InChI=1S/C29H28N2O3/c1-18(2)34-24-13-10-22(11-14-24)26-27(30-16-15-21-7-5-6-8-25(21)30)29(33)31(28(26)32)23-12-9-19(3)20(4)17-23/h5-14,17-18H,15-16H2,1-4H3. The second-order valence-corrected chi connectivity index (χ2v) is 9.16. The summed E-state index contributed by atoms with van der Waals surface area (Å²) in [4.78, 5) is 31.1. The van der Waals surface area contributed by atoms with E-state index in [1.807, 2.05) is 93.3 Å². The van der Waals surface area contributed by atoms with Crippen molar-refractivity contribution in [2.75, 3.05) is 16.3 Å². The highest BCUT2D eigenvalue weighted by molar-refractivity contribution is 6.46. The highest BCUT2D eigenvalue weighted by Crippen LogP contribution is 2.40. The first-order valence-corrected chi connectivity index (χ1v) is 11.7. The second kappa shape index (κ2) is 8.49. The zero-order valence-electron chi connectivity index (χ0n) is 20.0. The Balaban J connectivity index is 1.63. The molecule has 0 saturated carbocycles. The predicted octanol–water partition coefficient (Wildman–Crippen LogP) is 5.44. The monoisotopic (exact) mass is 452 g/mol. The molecule has 3 aromatic rings. The number of aryl methyl sites for hydroxylation is 2. The van der Waals surface area contributed by atoms with Crippen LogP contribution >= 0.6 is 0 Å². The number of hydrogen-bond donors (Lipinski definition) is 0. The summed E-state index contributed by atoms with van der Waals surface area (Å²) in [6.45, 7) is 8.61. The number of imide groups is 1. The highest BCUT2D eigenvalue weighted by atomic mass is 16.5. The number of carbonyl (C=O) groups is 2. The zero-order valence-corrected chi connectivity index (χ0v) is 20.0. The molecule has 2 amide bonds. The van der Waals surface area contributed by atoms with E-state index in [0.29, 0.717) is 29.1 Å². The van der Waals surface area contributed by atoms with Gasteiger partial charge in [0.05, 0.1) is 17.4 Å². The van der Waals surface area contributed by atoms with Crippen LogP contribution in [0.1, 0.15) is 36.1 Å². The summed E-state index contributed by atoms with van der Waals surface area (Å²) < 4.78 is 5.78. The van der Waals surface area contributed by atoms with Crippen LogP contribution in [0.4, 0.5) is 11.4 Å². The number of hydrogen-bond acceptors (Lipinski definition) is 4. The van der Waals surface area contributed by atoms with E-state index in [9.17, 15) is 9.59 Å². The predicted molar refractivity (Wildman–Crippen MR) is 135 cm³/mol. The lowest BCUT2D eigenvalue weighted by molar-refractivity contribution is -0.120. The third kappa shape index (κ3) is 3.67. The molecule has 0 atom stereocenters. The summed E-state index contributed by atoms with van der Waals surface area (Å²) in [6, 6.07) is 21.2. The summed E-state index contributed by atoms with van der Waals surface area (Å²) in [5.41, 5.74) is 6.48. The molecule has 5 rings (SSSR count). The van der Waals surface area contributed by atoms with Crippen LogP contribution in [-0.4, -0.2) is 24.5 Å². The molecular formula is C29H28N2O3. The molecule has 2 aliphatic heterocycles. The number of amides is 2. The third-order valence-corrected chi connectivity index (χ3v) is 6.48. The molecular weight excluding hydrogens is 424 g/mol. The number of fused-ring (bicyclic) bond motifs is 1. The first-order valence-electron chi connectivity index (χ1n) is 11.7. The first kappa shape index (κ1) is 22.0. The molecule has 0 fully saturated rings. The molecule has 0 spiro atoms. The number of ether oxygens (including phenoxy) is 1. The van der Waals surface area contributed by atoms with Gasteiger partial charge >= 0.3 is 0 Å². The Bertz CT molecular complexity index is 1320. The van der Waals surface area contributed by atoms with Crippen LogP contribution in [-0.2, 0) is 16.0 Å². The minimum absolute atomic E-state index is 0.0525. The van der Waals surface area contributed by atoms with Gasteiger partial charge < -0.3 is 9.64 Å². The van der Waals surface area contributed by atoms with Crippen LogP contribution in [0.2, 0.25) is 0 Å². The largest absolute Gasteiger partial charge is 0.491 e. The average Bonchev–Trinajstić information content (AvgIpc) is 3.34. The molecule has 5 nitrogen and oxygen atoms in total. The lowest BCUT2D eigenvalue weighted by atomic mass is 10.0. The van der Waals surface area contributed by atoms with E-state index in [4.69, 9.17) is 4.74 Å². The van der Waals surface area contributed by atoms with E-state index in [1.165, 1.54) is 10.5 Å². The van der Waals surface area contributed by atoms with Gasteiger partial charge in [-0.25, -0.2) is 4.90 Å². The van der Waals surface area contributed by atoms with Gasteiger partial charge in [-0.3, -0.25) is 9.59 Å². The molecule has 0 bridgehead atoms. The Kier molecular flexibility index (Phi) is 5.48. The number of para-hydroxylation sites is 1. The van der Waals surface area contributed by atoms with Crippen molar-refractivity contribution in [2.45, 2.75) is 40.2 Å². The van der Waals surface area contributed by atoms with E-state index >= 15 is 0 Å². The highest BCUT2D eigenvalue weighted by Gasteiger charge is 2.44. The topological polar surface area (TPSA) is 49.9 Å². The summed E-state index contributed by atoms with van der Waals surface area (Å²) in [6.07, 6.45) is 0.885. The lowest BCUT2D eigenvalue weighted by Crippen LogP contribution is -2.35. The van der Waals surface area contributed by atoms with Gasteiger partial charge in [-0.2, -0.15) is 0 Å². The van der Waals surface area contributed by atoms with Crippen LogP contribution in [0.5, 0.6) is 5.75 Å². The molecule has 3 aromatic carbocycles. The Labute approximate surface area is 200 Å². The molecule has 34 heavy (non-hydrogen) atoms. The van der Waals surface area contributed by atoms with E-state index in [2.05, 4.69) is 6.07 Å². The summed E-state index contributed by atoms with van der Waals surface area (Å²) in [5, 5.41) is 0. The van der Waals surface area contributed by atoms with Crippen molar-refractivity contribution in [1.82, 2.24) is 0 Å². The van der Waals surface area contributed by atoms with Crippen molar-refractivity contribution >= 4 is 28.8 Å². The van der Waals surface area contributed by atoms with Gasteiger partial charge in [0, 0.05) is 12.2 Å². The smallest absolute Gasteiger partial charge is 0.282 e. The SMILES string of the molecule is Cc1ccc(N2C(=O)C(c3ccc(OC(C)C)cc3)=C(N3CCc4ccccc43)C2=O)cc1C. The maximum atomic E-state index is 13.9. The van der Waals surface area contributed by atoms with Gasteiger partial charge in [-0.15, -0.1) is 0 Å². The number of benzene rings is 3. The maximum absolute atomic E-state index is 13.9. The van der Waals surface area contributed by atoms with Crippen LogP contribution in [0.3, 0.4) is 0 Å². The van der Waals surface area contributed by atoms with Crippen LogP contribution < -0.4 is 14.5 Å². The summed E-state index contributed by atoms with van der Waals surface area (Å²) in [7, 11) is 0. The molecule has 0 unspecified atom stereocenters. The fourth-order valence-corrected chi connectivity index (χ4v) is 4.67. The maximum Gasteiger partial charge on any atom is 0.282 e. The Morgan fingerprint density at radius 1 is 0.853 bits per heavy atom. The lowest BCUT2D eigenvalue weighted by Gasteiger charge is -2.22. The summed E-state index contributed by atoms with van der Waals surface area (Å²) >= 11 is 0. The molecule has 2 heterocycles. The Morgan fingerprint density at radius 2 is 1.59 bits per heavy atom. The minimum Gasteiger partial charge on any atom is -0.491 e. The van der Waals surface area contributed by atoms with E-state index in [0.717, 1.165) is 29.0 Å². The van der Waals surface area contributed by atoms with Crippen molar-refractivity contribution < 1.29 is 14.3 Å². The van der Waals surface area contributed by atoms with Gasteiger partial charge in [0.25, 0.3) is 11.8 Å². The van der Waals surface area contributed by atoms with Gasteiger partial charge in [0.2, 0.25) is 0 Å². The number of carbonyl (C=O) groups excluding carboxylic acids is 2. The fourth-order valence-electron chi connectivity index (χ4n) is 4.67. The van der Waals surface area contributed by atoms with Crippen LogP contribution in [0, 0.1) is 13.8 Å². The van der Waals surface area contributed by atoms with E-state index < -0.39 is 0 Å². The van der Waals surface area contributed by atoms with Crippen molar-refractivity contribution in [3.63, 3.8) is 0 Å². The molecule has 0 saturated heterocycles. The van der Waals surface area contributed by atoms with Gasteiger partial charge in [0.1, 0.15) is 11.4 Å². The minimum atomic E-state index is -0.301. The fraction of sp³-hybridized carbons (Fsp3) is 0.241. The van der Waals surface area contributed by atoms with Gasteiger partial charge in [-0.1, -0.05) is 36.4 Å². The Hall–Kier alpha value is -3.86. The van der Waals surface area contributed by atoms with Crippen molar-refractivity contribution in [1.29, 1.82) is 0 Å². The van der Waals surface area contributed by atoms with Crippen molar-refractivity contribution in [3.8, 4) is 5.75 Å². The second-order valence-electron chi connectivity index (χ2n) is 9.16. The molecule has 0 N–H and O–H groups in total. The van der Waals surface area contributed by atoms with Crippen LogP contribution in [0.15, 0.2) is 72.4 Å². The van der Waals surface area contributed by atoms with Crippen molar-refractivity contribution in [3.05, 3.63) is 94.7 Å². The average molecular weight is 453 g/mol. The molecule has 5 heteroatoms. The first-order chi connectivity index (χ1) is 16.3. The number of rotatable bonds is 5. The number of nitrogens with zero attached hydrogens (tertiary/aromatic N) is 2. The number of anilines is 2. The van der Waals surface area contributed by atoms with E-state index in [1.54, 1.807) is 0 Å². The van der Waals surface area contributed by atoms with Crippen LogP contribution in [0.25, 0.3) is 5.57 Å². The Morgan fingerprint density at radius 3 is 2.29 bits per heavy atom. The molecule has 0 radical (unpaired) electrons. The molecule has 0 aliphatic carbocycles. The van der Waals surface area contributed by atoms with Crippen molar-refractivity contribution in [2.24, 2.45) is 0 Å². The molecule has 0 aromatic heterocycles. The zero-order chi connectivity index (χ0) is 24.0.